The lowest BCUT2D eigenvalue weighted by molar-refractivity contribution is 0.414. The molecular weight excluding hydrogens is 440 g/mol. The van der Waals surface area contributed by atoms with Gasteiger partial charge in [0, 0.05) is 19.1 Å². The minimum Gasteiger partial charge on any atom is -0.497 e. The van der Waals surface area contributed by atoms with Crippen LogP contribution in [-0.4, -0.2) is 48.3 Å². The van der Waals surface area contributed by atoms with Crippen molar-refractivity contribution in [3.8, 4) is 11.5 Å². The number of benzene rings is 2. The molecule has 8 heteroatoms. The Labute approximate surface area is 207 Å². The van der Waals surface area contributed by atoms with Crippen molar-refractivity contribution in [2.45, 2.75) is 51.0 Å². The first-order chi connectivity index (χ1) is 17.2. The predicted molar refractivity (Wildman–Crippen MR) is 141 cm³/mol. The monoisotopic (exact) mass is 476 g/mol. The van der Waals surface area contributed by atoms with Gasteiger partial charge in [-0.25, -0.2) is 0 Å². The van der Waals surface area contributed by atoms with Crippen molar-refractivity contribution >= 4 is 17.8 Å². The van der Waals surface area contributed by atoms with Crippen LogP contribution >= 0.6 is 0 Å². The number of methoxy groups -OCH3 is 2. The summed E-state index contributed by atoms with van der Waals surface area (Å²) >= 11 is 0. The summed E-state index contributed by atoms with van der Waals surface area (Å²) in [6.07, 6.45) is 7.86. The van der Waals surface area contributed by atoms with E-state index in [1.807, 2.05) is 24.3 Å². The van der Waals surface area contributed by atoms with Crippen LogP contribution in [0.1, 0.15) is 43.2 Å². The lowest BCUT2D eigenvalue weighted by Crippen LogP contribution is -2.24. The summed E-state index contributed by atoms with van der Waals surface area (Å²) in [7, 11) is 3.36. The van der Waals surface area contributed by atoms with E-state index in [-0.39, 0.29) is 0 Å². The number of ether oxygens (including phenoxy) is 2. The fourth-order valence-electron chi connectivity index (χ4n) is 4.25. The van der Waals surface area contributed by atoms with Crippen LogP contribution in [0.5, 0.6) is 11.5 Å². The van der Waals surface area contributed by atoms with Crippen LogP contribution < -0.4 is 25.4 Å². The second-order valence-electron chi connectivity index (χ2n) is 8.84. The van der Waals surface area contributed by atoms with Crippen LogP contribution in [0.15, 0.2) is 48.5 Å². The van der Waals surface area contributed by atoms with Gasteiger partial charge in [-0.3, -0.25) is 0 Å². The molecule has 4 rings (SSSR count). The van der Waals surface area contributed by atoms with E-state index in [9.17, 15) is 0 Å². The molecule has 186 valence electrons. The second kappa shape index (κ2) is 12.8. The fourth-order valence-corrected chi connectivity index (χ4v) is 4.25. The van der Waals surface area contributed by atoms with Crippen LogP contribution in [0.3, 0.4) is 0 Å². The van der Waals surface area contributed by atoms with Gasteiger partial charge in [0.2, 0.25) is 17.8 Å². The van der Waals surface area contributed by atoms with E-state index in [4.69, 9.17) is 9.47 Å². The summed E-state index contributed by atoms with van der Waals surface area (Å²) in [5, 5.41) is 10.3. The van der Waals surface area contributed by atoms with E-state index < -0.39 is 0 Å². The van der Waals surface area contributed by atoms with Crippen LogP contribution in [0.2, 0.25) is 0 Å². The molecule has 3 N–H and O–H groups in total. The highest BCUT2D eigenvalue weighted by Gasteiger charge is 2.15. The molecule has 2 aromatic carbocycles. The van der Waals surface area contributed by atoms with Crippen LogP contribution in [-0.2, 0) is 12.8 Å². The standard InChI is InChI=1S/C27H36N6O2/c1-34-23-12-8-20(9-13-23)16-18-28-25-31-26(29-19-17-21-10-14-24(35-2)15-11-21)33-27(32-25)30-22-6-4-3-5-7-22/h8-15,22H,3-7,16-19H2,1-2H3,(H3,28,29,30,31,32,33). The van der Waals surface area contributed by atoms with Gasteiger partial charge >= 0.3 is 0 Å². The maximum absolute atomic E-state index is 5.24. The van der Waals surface area contributed by atoms with Crippen molar-refractivity contribution in [2.75, 3.05) is 43.3 Å². The third kappa shape index (κ3) is 7.73. The minimum absolute atomic E-state index is 0.422. The highest BCUT2D eigenvalue weighted by atomic mass is 16.5. The third-order valence-electron chi connectivity index (χ3n) is 6.29. The lowest BCUT2D eigenvalue weighted by atomic mass is 9.96. The van der Waals surface area contributed by atoms with Gasteiger partial charge < -0.3 is 25.4 Å². The molecule has 1 aliphatic rings. The van der Waals surface area contributed by atoms with Crippen LogP contribution in [0.4, 0.5) is 17.8 Å². The number of rotatable bonds is 12. The van der Waals surface area contributed by atoms with E-state index in [0.29, 0.717) is 23.9 Å². The number of aromatic nitrogens is 3. The molecule has 0 atom stereocenters. The Morgan fingerprint density at radius 1 is 0.657 bits per heavy atom. The minimum atomic E-state index is 0.422. The van der Waals surface area contributed by atoms with E-state index in [1.54, 1.807) is 14.2 Å². The molecule has 1 aromatic heterocycles. The van der Waals surface area contributed by atoms with Gasteiger partial charge in [-0.1, -0.05) is 43.5 Å². The SMILES string of the molecule is COc1ccc(CCNc2nc(NCCc3ccc(OC)cc3)nc(NC3CCCCC3)n2)cc1. The summed E-state index contributed by atoms with van der Waals surface area (Å²) < 4.78 is 10.5. The Kier molecular flexibility index (Phi) is 8.98. The van der Waals surface area contributed by atoms with Crippen molar-refractivity contribution in [2.24, 2.45) is 0 Å². The van der Waals surface area contributed by atoms with Gasteiger partial charge in [-0.15, -0.1) is 0 Å². The molecule has 3 aromatic rings. The van der Waals surface area contributed by atoms with Crippen molar-refractivity contribution in [3.05, 3.63) is 59.7 Å². The first-order valence-electron chi connectivity index (χ1n) is 12.5. The van der Waals surface area contributed by atoms with Gasteiger partial charge in [-0.2, -0.15) is 15.0 Å². The number of hydrogen-bond acceptors (Lipinski definition) is 8. The van der Waals surface area contributed by atoms with E-state index in [2.05, 4.69) is 55.2 Å². The zero-order chi connectivity index (χ0) is 24.3. The zero-order valence-corrected chi connectivity index (χ0v) is 20.7. The Morgan fingerprint density at radius 3 is 1.57 bits per heavy atom. The Balaban J connectivity index is 1.37. The van der Waals surface area contributed by atoms with Gasteiger partial charge in [-0.05, 0) is 61.1 Å². The zero-order valence-electron chi connectivity index (χ0n) is 20.7. The largest absolute Gasteiger partial charge is 0.497 e. The fraction of sp³-hybridized carbons (Fsp3) is 0.444. The lowest BCUT2D eigenvalue weighted by Gasteiger charge is -2.23. The first kappa shape index (κ1) is 24.6. The second-order valence-corrected chi connectivity index (χ2v) is 8.84. The van der Waals surface area contributed by atoms with Crippen LogP contribution in [0, 0.1) is 0 Å². The summed E-state index contributed by atoms with van der Waals surface area (Å²) in [6.45, 7) is 1.45. The number of anilines is 3. The molecule has 0 bridgehead atoms. The number of hydrogen-bond donors (Lipinski definition) is 3. The summed E-state index contributed by atoms with van der Waals surface area (Å²) in [6, 6.07) is 16.7. The summed E-state index contributed by atoms with van der Waals surface area (Å²) in [4.78, 5) is 13.9. The van der Waals surface area contributed by atoms with Gasteiger partial charge in [0.05, 0.1) is 14.2 Å². The van der Waals surface area contributed by atoms with Crippen molar-refractivity contribution < 1.29 is 9.47 Å². The molecule has 1 aliphatic carbocycles. The molecule has 1 saturated carbocycles. The van der Waals surface area contributed by atoms with E-state index in [1.165, 1.54) is 30.4 Å². The normalized spacial score (nSPS) is 13.8. The maximum atomic E-state index is 5.24. The highest BCUT2D eigenvalue weighted by Crippen LogP contribution is 2.21. The number of nitrogens with one attached hydrogen (secondary N) is 3. The average molecular weight is 477 g/mol. The molecule has 0 unspecified atom stereocenters. The quantitative estimate of drug-likeness (QED) is 0.338. The van der Waals surface area contributed by atoms with E-state index >= 15 is 0 Å². The molecule has 8 nitrogen and oxygen atoms in total. The molecular formula is C27H36N6O2. The third-order valence-corrected chi connectivity index (χ3v) is 6.29. The van der Waals surface area contributed by atoms with Crippen molar-refractivity contribution in [3.63, 3.8) is 0 Å². The molecule has 1 heterocycles. The summed E-state index contributed by atoms with van der Waals surface area (Å²) in [5.41, 5.74) is 2.46. The maximum Gasteiger partial charge on any atom is 0.229 e. The van der Waals surface area contributed by atoms with Crippen molar-refractivity contribution in [1.29, 1.82) is 0 Å². The van der Waals surface area contributed by atoms with Crippen molar-refractivity contribution in [1.82, 2.24) is 15.0 Å². The van der Waals surface area contributed by atoms with E-state index in [0.717, 1.165) is 50.3 Å². The molecule has 0 radical (unpaired) electrons. The van der Waals surface area contributed by atoms with Gasteiger partial charge in [0.15, 0.2) is 0 Å². The van der Waals surface area contributed by atoms with Crippen LogP contribution in [0.25, 0.3) is 0 Å². The summed E-state index contributed by atoms with van der Waals surface area (Å²) in [5.74, 6) is 3.52. The Hall–Kier alpha value is -3.55. The topological polar surface area (TPSA) is 93.2 Å². The molecule has 0 amide bonds. The highest BCUT2D eigenvalue weighted by molar-refractivity contribution is 5.43. The number of nitrogens with zero attached hydrogens (tertiary/aromatic N) is 3. The molecule has 0 spiro atoms. The average Bonchev–Trinajstić information content (AvgIpc) is 2.90. The molecule has 35 heavy (non-hydrogen) atoms. The Morgan fingerprint density at radius 2 is 1.11 bits per heavy atom. The smallest absolute Gasteiger partial charge is 0.229 e. The Bertz CT molecular complexity index is 965. The molecule has 1 fully saturated rings. The molecule has 0 aliphatic heterocycles. The van der Waals surface area contributed by atoms with Gasteiger partial charge in [0.25, 0.3) is 0 Å². The van der Waals surface area contributed by atoms with Gasteiger partial charge in [0.1, 0.15) is 11.5 Å². The molecule has 0 saturated heterocycles. The first-order valence-corrected chi connectivity index (χ1v) is 12.5. The predicted octanol–water partition coefficient (Wildman–Crippen LogP) is 4.94.